The van der Waals surface area contributed by atoms with Gasteiger partial charge in [-0.25, -0.2) is 4.39 Å². The topological polar surface area (TPSA) is 84.5 Å². The molecule has 0 unspecified atom stereocenters. The smallest absolute Gasteiger partial charge is 0.306 e. The van der Waals surface area contributed by atoms with Crippen LogP contribution in [0.3, 0.4) is 0 Å². The predicted octanol–water partition coefficient (Wildman–Crippen LogP) is 2.32. The number of nitrogens with zero attached hydrogens (tertiary/aromatic N) is 5. The quantitative estimate of drug-likeness (QED) is 0.553. The summed E-state index contributed by atoms with van der Waals surface area (Å²) in [6.45, 7) is 3.05. The second-order valence-electron chi connectivity index (χ2n) is 6.33. The molecule has 2 heterocycles. The summed E-state index contributed by atoms with van der Waals surface area (Å²) >= 11 is 6.07. The van der Waals surface area contributed by atoms with Crippen molar-refractivity contribution in [3.63, 3.8) is 0 Å². The van der Waals surface area contributed by atoms with Gasteiger partial charge in [0.15, 0.2) is 0 Å². The van der Waals surface area contributed by atoms with E-state index in [1.165, 1.54) is 16.9 Å². The Labute approximate surface area is 160 Å². The number of nitro groups is 1. The van der Waals surface area contributed by atoms with Gasteiger partial charge in [0.2, 0.25) is 5.91 Å². The summed E-state index contributed by atoms with van der Waals surface area (Å²) < 4.78 is 15.3. The lowest BCUT2D eigenvalue weighted by molar-refractivity contribution is -0.385. The molecule has 1 aliphatic heterocycles. The zero-order valence-electron chi connectivity index (χ0n) is 14.6. The van der Waals surface area contributed by atoms with Gasteiger partial charge < -0.3 is 4.90 Å². The highest BCUT2D eigenvalue weighted by molar-refractivity contribution is 6.31. The molecule has 0 N–H and O–H groups in total. The van der Waals surface area contributed by atoms with Gasteiger partial charge in [-0.2, -0.15) is 5.10 Å². The van der Waals surface area contributed by atoms with E-state index < -0.39 is 4.92 Å². The van der Waals surface area contributed by atoms with Crippen molar-refractivity contribution < 1.29 is 14.1 Å². The first kappa shape index (κ1) is 19.2. The van der Waals surface area contributed by atoms with Crippen LogP contribution in [0, 0.1) is 15.9 Å². The number of halogens is 2. The van der Waals surface area contributed by atoms with Crippen LogP contribution in [0.1, 0.15) is 12.0 Å². The fourth-order valence-electron chi connectivity index (χ4n) is 3.00. The zero-order valence-corrected chi connectivity index (χ0v) is 15.3. The number of carbonyl (C=O) groups is 1. The third kappa shape index (κ3) is 4.81. The Morgan fingerprint density at radius 2 is 2.04 bits per heavy atom. The largest absolute Gasteiger partial charge is 0.340 e. The van der Waals surface area contributed by atoms with Crippen molar-refractivity contribution in [3.8, 4) is 0 Å². The first-order chi connectivity index (χ1) is 12.9. The van der Waals surface area contributed by atoms with Gasteiger partial charge in [-0.05, 0) is 12.1 Å². The van der Waals surface area contributed by atoms with Crippen LogP contribution >= 0.6 is 11.6 Å². The van der Waals surface area contributed by atoms with Crippen LogP contribution in [0.2, 0.25) is 5.02 Å². The second kappa shape index (κ2) is 8.45. The summed E-state index contributed by atoms with van der Waals surface area (Å²) in [6.07, 6.45) is 2.69. The highest BCUT2D eigenvalue weighted by atomic mass is 35.5. The molecule has 8 nitrogen and oxygen atoms in total. The molecule has 10 heteroatoms. The van der Waals surface area contributed by atoms with Crippen molar-refractivity contribution in [2.75, 3.05) is 26.2 Å². The standard InChI is InChI=1S/C17H19ClFN5O3/c18-15-2-1-3-16(19)14(15)12-21-6-8-22(9-7-21)17(25)4-5-23-11-13(10-20-23)24(26)27/h1-3,10-11H,4-9,12H2. The summed E-state index contributed by atoms with van der Waals surface area (Å²) in [5, 5.41) is 14.9. The Hall–Kier alpha value is -2.52. The molecule has 27 heavy (non-hydrogen) atoms. The van der Waals surface area contributed by atoms with E-state index in [-0.39, 0.29) is 30.4 Å². The van der Waals surface area contributed by atoms with Crippen LogP contribution in [0.25, 0.3) is 0 Å². The predicted molar refractivity (Wildman–Crippen MR) is 96.8 cm³/mol. The average Bonchev–Trinajstić information content (AvgIpc) is 3.13. The van der Waals surface area contributed by atoms with E-state index in [9.17, 15) is 19.3 Å². The molecule has 0 radical (unpaired) electrons. The first-order valence-corrected chi connectivity index (χ1v) is 8.91. The maximum Gasteiger partial charge on any atom is 0.306 e. The fraction of sp³-hybridized carbons (Fsp3) is 0.412. The van der Waals surface area contributed by atoms with E-state index in [0.29, 0.717) is 43.3 Å². The number of amides is 1. The van der Waals surface area contributed by atoms with E-state index in [1.54, 1.807) is 17.0 Å². The van der Waals surface area contributed by atoms with E-state index in [2.05, 4.69) is 10.00 Å². The van der Waals surface area contributed by atoms with Crippen LogP contribution in [-0.2, 0) is 17.9 Å². The second-order valence-corrected chi connectivity index (χ2v) is 6.73. The molecule has 2 aromatic rings. The van der Waals surface area contributed by atoms with Crippen molar-refractivity contribution in [2.45, 2.75) is 19.5 Å². The van der Waals surface area contributed by atoms with Crippen molar-refractivity contribution >= 4 is 23.2 Å². The van der Waals surface area contributed by atoms with Crippen molar-refractivity contribution in [1.82, 2.24) is 19.6 Å². The Balaban J connectivity index is 1.47. The maximum absolute atomic E-state index is 13.9. The van der Waals surface area contributed by atoms with E-state index >= 15 is 0 Å². The number of piperazine rings is 1. The van der Waals surface area contributed by atoms with Gasteiger partial charge >= 0.3 is 5.69 Å². The minimum absolute atomic E-state index is 0.0308. The minimum atomic E-state index is -0.521. The molecule has 144 valence electrons. The van der Waals surface area contributed by atoms with Crippen LogP contribution in [0.15, 0.2) is 30.6 Å². The molecule has 0 bridgehead atoms. The van der Waals surface area contributed by atoms with Crippen molar-refractivity contribution in [1.29, 1.82) is 0 Å². The van der Waals surface area contributed by atoms with E-state index in [0.717, 1.165) is 6.20 Å². The lowest BCUT2D eigenvalue weighted by Gasteiger charge is -2.35. The molecule has 1 saturated heterocycles. The van der Waals surface area contributed by atoms with Crippen molar-refractivity contribution in [2.24, 2.45) is 0 Å². The van der Waals surface area contributed by atoms with Gasteiger partial charge in [-0.15, -0.1) is 0 Å². The molecule has 0 atom stereocenters. The first-order valence-electron chi connectivity index (χ1n) is 8.54. The lowest BCUT2D eigenvalue weighted by atomic mass is 10.1. The molecule has 1 fully saturated rings. The Morgan fingerprint density at radius 1 is 1.30 bits per heavy atom. The number of carbonyl (C=O) groups excluding carboxylic acids is 1. The molecule has 0 saturated carbocycles. The molecule has 1 aliphatic rings. The van der Waals surface area contributed by atoms with Crippen LogP contribution in [0.5, 0.6) is 0 Å². The molecule has 1 aromatic heterocycles. The van der Waals surface area contributed by atoms with Gasteiger partial charge in [0.05, 0.1) is 4.92 Å². The molecule has 3 rings (SSSR count). The Morgan fingerprint density at radius 3 is 2.67 bits per heavy atom. The number of benzene rings is 1. The average molecular weight is 396 g/mol. The fourth-order valence-corrected chi connectivity index (χ4v) is 3.22. The lowest BCUT2D eigenvalue weighted by Crippen LogP contribution is -2.48. The van der Waals surface area contributed by atoms with Crippen LogP contribution < -0.4 is 0 Å². The highest BCUT2D eigenvalue weighted by Gasteiger charge is 2.22. The SMILES string of the molecule is O=C(CCn1cc([N+](=O)[O-])cn1)N1CCN(Cc2c(F)cccc2Cl)CC1. The van der Waals surface area contributed by atoms with Crippen LogP contribution in [-0.4, -0.2) is 56.6 Å². The number of rotatable bonds is 6. The molecular formula is C17H19ClFN5O3. The summed E-state index contributed by atoms with van der Waals surface area (Å²) in [5.74, 6) is -0.356. The van der Waals surface area contributed by atoms with E-state index in [4.69, 9.17) is 11.6 Å². The van der Waals surface area contributed by atoms with Gasteiger partial charge in [-0.3, -0.25) is 24.5 Å². The minimum Gasteiger partial charge on any atom is -0.340 e. The highest BCUT2D eigenvalue weighted by Crippen LogP contribution is 2.21. The molecule has 0 spiro atoms. The summed E-state index contributed by atoms with van der Waals surface area (Å²) in [4.78, 5) is 26.3. The van der Waals surface area contributed by atoms with Gasteiger partial charge in [0.1, 0.15) is 18.2 Å². The van der Waals surface area contributed by atoms with Gasteiger partial charge in [-0.1, -0.05) is 17.7 Å². The number of aryl methyl sites for hydroxylation is 1. The molecule has 0 aliphatic carbocycles. The monoisotopic (exact) mass is 395 g/mol. The van der Waals surface area contributed by atoms with Crippen LogP contribution in [0.4, 0.5) is 10.1 Å². The summed E-state index contributed by atoms with van der Waals surface area (Å²) in [5.41, 5.74) is 0.377. The molecule has 1 aromatic carbocycles. The van der Waals surface area contributed by atoms with Gasteiger partial charge in [0.25, 0.3) is 0 Å². The van der Waals surface area contributed by atoms with Gasteiger partial charge in [0, 0.05) is 56.3 Å². The molecular weight excluding hydrogens is 377 g/mol. The Bertz CT molecular complexity index is 815. The summed E-state index contributed by atoms with van der Waals surface area (Å²) in [6, 6.07) is 4.63. The number of hydrogen-bond donors (Lipinski definition) is 0. The summed E-state index contributed by atoms with van der Waals surface area (Å²) in [7, 11) is 0. The Kier molecular flexibility index (Phi) is 6.02. The number of hydrogen-bond acceptors (Lipinski definition) is 5. The van der Waals surface area contributed by atoms with Crippen molar-refractivity contribution in [3.05, 3.63) is 57.1 Å². The third-order valence-corrected chi connectivity index (χ3v) is 4.91. The maximum atomic E-state index is 13.9. The normalized spacial score (nSPS) is 15.1. The third-order valence-electron chi connectivity index (χ3n) is 4.55. The zero-order chi connectivity index (χ0) is 19.4. The molecule has 1 amide bonds. The van der Waals surface area contributed by atoms with E-state index in [1.807, 2.05) is 0 Å². The number of aromatic nitrogens is 2.